The van der Waals surface area contributed by atoms with Crippen molar-refractivity contribution >= 4 is 17.9 Å². The second-order valence-electron chi connectivity index (χ2n) is 10.3. The Morgan fingerprint density at radius 2 is 1.65 bits per heavy atom. The fourth-order valence-corrected chi connectivity index (χ4v) is 3.94. The molecule has 0 aliphatic rings. The van der Waals surface area contributed by atoms with Crippen molar-refractivity contribution in [2.24, 2.45) is 0 Å². The fraction of sp³-hybridized carbons (Fsp3) is 0.667. The van der Waals surface area contributed by atoms with Gasteiger partial charge in [-0.1, -0.05) is 44.0 Å². The summed E-state index contributed by atoms with van der Waals surface area (Å²) in [5.41, 5.74) is 2.13. The van der Waals surface area contributed by atoms with E-state index in [-0.39, 0.29) is 23.9 Å². The average Bonchev–Trinajstić information content (AvgIpc) is 2.70. The molecule has 0 aromatic heterocycles. The summed E-state index contributed by atoms with van der Waals surface area (Å²) >= 11 is 0. The molecule has 0 radical (unpaired) electrons. The van der Waals surface area contributed by atoms with E-state index in [4.69, 9.17) is 4.74 Å². The highest BCUT2D eigenvalue weighted by atomic mass is 16.6. The van der Waals surface area contributed by atoms with Crippen LogP contribution in [0.1, 0.15) is 97.4 Å². The van der Waals surface area contributed by atoms with Crippen LogP contribution < -0.4 is 10.6 Å². The maximum atomic E-state index is 13.7. The van der Waals surface area contributed by atoms with Gasteiger partial charge in [-0.3, -0.25) is 9.59 Å². The molecule has 0 aliphatic carbocycles. The van der Waals surface area contributed by atoms with Crippen molar-refractivity contribution in [2.45, 2.75) is 118 Å². The van der Waals surface area contributed by atoms with Crippen molar-refractivity contribution in [1.82, 2.24) is 15.5 Å². The Morgan fingerprint density at radius 3 is 2.15 bits per heavy atom. The number of benzene rings is 1. The topological polar surface area (TPSA) is 87.7 Å². The van der Waals surface area contributed by atoms with E-state index in [1.54, 1.807) is 32.6 Å². The molecule has 0 bridgehead atoms. The molecule has 0 saturated heterocycles. The highest BCUT2D eigenvalue weighted by Gasteiger charge is 2.38. The molecule has 0 aliphatic heterocycles. The predicted octanol–water partition coefficient (Wildman–Crippen LogP) is 5.19. The SMILES string of the molecule is CCCC(C)NC(=O)C(c1ccc(C)cc1C)N(C(=O)C(C)NC(=O)OC(C)(C)C)C(C)CC. The summed E-state index contributed by atoms with van der Waals surface area (Å²) in [6, 6.07) is 3.98. The molecule has 1 rings (SSSR count). The van der Waals surface area contributed by atoms with Crippen LogP contribution in [-0.2, 0) is 14.3 Å². The van der Waals surface area contributed by atoms with Gasteiger partial charge in [0.25, 0.3) is 0 Å². The zero-order valence-electron chi connectivity index (χ0n) is 22.7. The molecular weight excluding hydrogens is 430 g/mol. The first-order chi connectivity index (χ1) is 15.7. The zero-order chi connectivity index (χ0) is 26.2. The first kappa shape index (κ1) is 29.5. The summed E-state index contributed by atoms with van der Waals surface area (Å²) in [5, 5.41) is 5.74. The quantitative estimate of drug-likeness (QED) is 0.487. The van der Waals surface area contributed by atoms with Gasteiger partial charge in [0.1, 0.15) is 17.7 Å². The molecule has 0 heterocycles. The minimum Gasteiger partial charge on any atom is -0.444 e. The molecule has 7 nitrogen and oxygen atoms in total. The second-order valence-corrected chi connectivity index (χ2v) is 10.3. The van der Waals surface area contributed by atoms with Crippen molar-refractivity contribution < 1.29 is 19.1 Å². The van der Waals surface area contributed by atoms with Crippen molar-refractivity contribution in [3.8, 4) is 0 Å². The van der Waals surface area contributed by atoms with Crippen LogP contribution in [0.3, 0.4) is 0 Å². The van der Waals surface area contributed by atoms with Crippen LogP contribution in [0, 0.1) is 13.8 Å². The Bertz CT molecular complexity index is 847. The summed E-state index contributed by atoms with van der Waals surface area (Å²) in [4.78, 5) is 41.3. The van der Waals surface area contributed by atoms with Crippen LogP contribution >= 0.6 is 0 Å². The number of nitrogens with one attached hydrogen (secondary N) is 2. The molecule has 7 heteroatoms. The van der Waals surface area contributed by atoms with Gasteiger partial charge in [0.2, 0.25) is 11.8 Å². The minimum atomic E-state index is -0.863. The van der Waals surface area contributed by atoms with Crippen LogP contribution in [0.2, 0.25) is 0 Å². The molecule has 0 saturated carbocycles. The Kier molecular flexibility index (Phi) is 11.1. The monoisotopic (exact) mass is 475 g/mol. The van der Waals surface area contributed by atoms with Crippen molar-refractivity contribution in [2.75, 3.05) is 0 Å². The van der Waals surface area contributed by atoms with E-state index in [1.165, 1.54) is 0 Å². The number of hydrogen-bond donors (Lipinski definition) is 2. The Labute approximate surface area is 206 Å². The van der Waals surface area contributed by atoms with Crippen molar-refractivity contribution in [3.05, 3.63) is 34.9 Å². The number of nitrogens with zero attached hydrogens (tertiary/aromatic N) is 1. The first-order valence-electron chi connectivity index (χ1n) is 12.4. The van der Waals surface area contributed by atoms with E-state index in [1.807, 2.05) is 52.8 Å². The lowest BCUT2D eigenvalue weighted by Crippen LogP contribution is -2.55. The Balaban J connectivity index is 3.43. The van der Waals surface area contributed by atoms with Crippen LogP contribution in [0.25, 0.3) is 0 Å². The highest BCUT2D eigenvalue weighted by Crippen LogP contribution is 2.29. The number of hydrogen-bond acceptors (Lipinski definition) is 4. The van der Waals surface area contributed by atoms with Crippen molar-refractivity contribution in [1.29, 1.82) is 0 Å². The largest absolute Gasteiger partial charge is 0.444 e. The molecule has 0 spiro atoms. The van der Waals surface area contributed by atoms with E-state index in [2.05, 4.69) is 17.6 Å². The van der Waals surface area contributed by atoms with Crippen molar-refractivity contribution in [3.63, 3.8) is 0 Å². The smallest absolute Gasteiger partial charge is 0.408 e. The number of amides is 3. The second kappa shape index (κ2) is 12.8. The number of carbonyl (C=O) groups is 3. The lowest BCUT2D eigenvalue weighted by atomic mass is 9.94. The van der Waals surface area contributed by atoms with E-state index >= 15 is 0 Å². The molecule has 4 unspecified atom stereocenters. The standard InChI is InChI=1S/C27H45N3O4/c1-11-13-19(5)28-24(31)23(22-15-14-17(3)16-18(22)4)30(20(6)12-2)25(32)21(7)29-26(33)34-27(8,9)10/h14-16,19-21,23H,11-13H2,1-10H3,(H,28,31)(H,29,33). The van der Waals surface area contributed by atoms with Crippen LogP contribution in [0.15, 0.2) is 18.2 Å². The third kappa shape index (κ3) is 8.65. The molecule has 192 valence electrons. The first-order valence-corrected chi connectivity index (χ1v) is 12.4. The maximum absolute atomic E-state index is 13.7. The molecule has 1 aromatic carbocycles. The molecule has 1 aromatic rings. The highest BCUT2D eigenvalue weighted by molar-refractivity contribution is 5.92. The summed E-state index contributed by atoms with van der Waals surface area (Å²) < 4.78 is 5.33. The normalized spacial score (nSPS) is 15.0. The number of rotatable bonds is 10. The van der Waals surface area contributed by atoms with Crippen LogP contribution in [0.4, 0.5) is 4.79 Å². The molecule has 0 fully saturated rings. The number of alkyl carbamates (subject to hydrolysis) is 1. The Morgan fingerprint density at radius 1 is 1.03 bits per heavy atom. The number of aryl methyl sites for hydroxylation is 2. The van der Waals surface area contributed by atoms with Gasteiger partial charge in [-0.25, -0.2) is 4.79 Å². The summed E-state index contributed by atoms with van der Waals surface area (Å²) in [6.45, 7) is 18.8. The van der Waals surface area contributed by atoms with Gasteiger partial charge in [0, 0.05) is 12.1 Å². The third-order valence-corrected chi connectivity index (χ3v) is 5.78. The summed E-state index contributed by atoms with van der Waals surface area (Å²) in [5.74, 6) is -0.547. The van der Waals surface area contributed by atoms with Gasteiger partial charge in [-0.05, 0) is 79.4 Å². The molecule has 3 amide bonds. The van der Waals surface area contributed by atoms with Crippen LogP contribution in [0.5, 0.6) is 0 Å². The molecule has 4 atom stereocenters. The molecule has 2 N–H and O–H groups in total. The summed E-state index contributed by atoms with van der Waals surface area (Å²) in [7, 11) is 0. The van der Waals surface area contributed by atoms with Gasteiger partial charge in [0.05, 0.1) is 0 Å². The fourth-order valence-electron chi connectivity index (χ4n) is 3.94. The summed E-state index contributed by atoms with van der Waals surface area (Å²) in [6.07, 6.45) is 1.78. The molecular formula is C27H45N3O4. The van der Waals surface area contributed by atoms with E-state index in [0.717, 1.165) is 29.5 Å². The minimum absolute atomic E-state index is 0.0167. The van der Waals surface area contributed by atoms with E-state index in [9.17, 15) is 14.4 Å². The van der Waals surface area contributed by atoms with Gasteiger partial charge in [0.15, 0.2) is 0 Å². The van der Waals surface area contributed by atoms with Gasteiger partial charge >= 0.3 is 6.09 Å². The number of ether oxygens (including phenoxy) is 1. The lowest BCUT2D eigenvalue weighted by molar-refractivity contribution is -0.145. The third-order valence-electron chi connectivity index (χ3n) is 5.78. The lowest BCUT2D eigenvalue weighted by Gasteiger charge is -2.38. The van der Waals surface area contributed by atoms with Gasteiger partial charge in [-0.15, -0.1) is 0 Å². The molecule has 34 heavy (non-hydrogen) atoms. The zero-order valence-corrected chi connectivity index (χ0v) is 22.7. The average molecular weight is 476 g/mol. The van der Waals surface area contributed by atoms with E-state index in [0.29, 0.717) is 6.42 Å². The Hall–Kier alpha value is -2.57. The maximum Gasteiger partial charge on any atom is 0.408 e. The van der Waals surface area contributed by atoms with E-state index < -0.39 is 23.8 Å². The van der Waals surface area contributed by atoms with Gasteiger partial charge in [-0.2, -0.15) is 0 Å². The number of carbonyl (C=O) groups excluding carboxylic acids is 3. The van der Waals surface area contributed by atoms with Crippen LogP contribution in [-0.4, -0.2) is 46.5 Å². The van der Waals surface area contributed by atoms with Gasteiger partial charge < -0.3 is 20.3 Å². The predicted molar refractivity (Wildman–Crippen MR) is 137 cm³/mol.